The van der Waals surface area contributed by atoms with Crippen LogP contribution in [0.4, 0.5) is 0 Å². The molecular weight excluding hydrogens is 192 g/mol. The number of thiophene rings is 1. The Morgan fingerprint density at radius 1 is 1.43 bits per heavy atom. The van der Waals surface area contributed by atoms with Crippen LogP contribution < -0.4 is 0 Å². The van der Waals surface area contributed by atoms with Crippen molar-refractivity contribution in [1.29, 1.82) is 0 Å². The molecule has 0 aliphatic rings. The highest BCUT2D eigenvalue weighted by molar-refractivity contribution is 7.17. The number of benzene rings is 1. The van der Waals surface area contributed by atoms with Crippen molar-refractivity contribution in [2.45, 2.75) is 26.9 Å². The van der Waals surface area contributed by atoms with E-state index in [4.69, 9.17) is 0 Å². The molecule has 2 rings (SSSR count). The van der Waals surface area contributed by atoms with Gasteiger partial charge in [0, 0.05) is 4.70 Å². The molecule has 0 bridgehead atoms. The first-order valence-corrected chi connectivity index (χ1v) is 5.75. The van der Waals surface area contributed by atoms with Crippen LogP contribution in [-0.2, 0) is 13.0 Å². The summed E-state index contributed by atoms with van der Waals surface area (Å²) >= 11 is 1.72. The Kier molecular flexibility index (Phi) is 2.57. The molecule has 1 heterocycles. The van der Waals surface area contributed by atoms with Crippen molar-refractivity contribution in [3.8, 4) is 0 Å². The lowest BCUT2D eigenvalue weighted by Gasteiger charge is -2.08. The molecule has 2 heteroatoms. The van der Waals surface area contributed by atoms with E-state index in [0.717, 1.165) is 12.0 Å². The largest absolute Gasteiger partial charge is 0.392 e. The van der Waals surface area contributed by atoms with Crippen molar-refractivity contribution < 1.29 is 5.11 Å². The second-order valence-electron chi connectivity index (χ2n) is 3.51. The number of aryl methyl sites for hydroxylation is 2. The topological polar surface area (TPSA) is 20.2 Å². The maximum absolute atomic E-state index is 9.36. The average Bonchev–Trinajstić information content (AvgIpc) is 2.66. The summed E-state index contributed by atoms with van der Waals surface area (Å²) in [6.45, 7) is 4.42. The second-order valence-corrected chi connectivity index (χ2v) is 4.42. The van der Waals surface area contributed by atoms with Crippen molar-refractivity contribution in [2.75, 3.05) is 0 Å². The fourth-order valence-electron chi connectivity index (χ4n) is 1.91. The molecule has 1 aromatic carbocycles. The summed E-state index contributed by atoms with van der Waals surface area (Å²) in [6.07, 6.45) is 0.991. The predicted molar refractivity (Wildman–Crippen MR) is 61.9 cm³/mol. The summed E-state index contributed by atoms with van der Waals surface area (Å²) < 4.78 is 1.25. The van der Waals surface area contributed by atoms with Crippen LogP contribution in [0.3, 0.4) is 0 Å². The van der Waals surface area contributed by atoms with Crippen LogP contribution in [0, 0.1) is 6.92 Å². The van der Waals surface area contributed by atoms with Crippen molar-refractivity contribution in [1.82, 2.24) is 0 Å². The Morgan fingerprint density at radius 3 is 2.86 bits per heavy atom. The summed E-state index contributed by atoms with van der Waals surface area (Å²) in [4.78, 5) is 0. The highest BCUT2D eigenvalue weighted by Gasteiger charge is 2.08. The molecule has 74 valence electrons. The van der Waals surface area contributed by atoms with E-state index in [1.165, 1.54) is 21.2 Å². The summed E-state index contributed by atoms with van der Waals surface area (Å²) in [5.41, 5.74) is 3.71. The van der Waals surface area contributed by atoms with Crippen LogP contribution >= 0.6 is 11.3 Å². The zero-order valence-corrected chi connectivity index (χ0v) is 9.32. The second kappa shape index (κ2) is 3.71. The van der Waals surface area contributed by atoms with Gasteiger partial charge >= 0.3 is 0 Å². The number of hydrogen-bond donors (Lipinski definition) is 1. The van der Waals surface area contributed by atoms with E-state index in [1.54, 1.807) is 11.3 Å². The molecule has 0 aliphatic heterocycles. The Morgan fingerprint density at radius 2 is 2.21 bits per heavy atom. The molecule has 0 saturated heterocycles. The SMILES string of the molecule is CCc1cc(C)c2ccsc2c1CO. The maximum atomic E-state index is 9.36. The van der Waals surface area contributed by atoms with Gasteiger partial charge in [-0.2, -0.15) is 0 Å². The Balaban J connectivity index is 2.82. The smallest absolute Gasteiger partial charge is 0.0698 e. The Hall–Kier alpha value is -0.860. The van der Waals surface area contributed by atoms with Gasteiger partial charge in [0.2, 0.25) is 0 Å². The van der Waals surface area contributed by atoms with E-state index in [-0.39, 0.29) is 6.61 Å². The van der Waals surface area contributed by atoms with Crippen LogP contribution in [-0.4, -0.2) is 5.11 Å². The first-order valence-electron chi connectivity index (χ1n) is 4.87. The maximum Gasteiger partial charge on any atom is 0.0698 e. The molecule has 0 unspecified atom stereocenters. The summed E-state index contributed by atoms with van der Waals surface area (Å²) in [5, 5.41) is 12.7. The van der Waals surface area contributed by atoms with Crippen LogP contribution in [0.15, 0.2) is 17.5 Å². The van der Waals surface area contributed by atoms with Crippen molar-refractivity contribution in [3.63, 3.8) is 0 Å². The van der Waals surface area contributed by atoms with Gasteiger partial charge in [0.25, 0.3) is 0 Å². The first-order chi connectivity index (χ1) is 6.77. The van der Waals surface area contributed by atoms with E-state index < -0.39 is 0 Å². The number of rotatable bonds is 2. The Labute approximate surface area is 88.0 Å². The monoisotopic (exact) mass is 206 g/mol. The van der Waals surface area contributed by atoms with E-state index in [1.807, 2.05) is 0 Å². The lowest BCUT2D eigenvalue weighted by Crippen LogP contribution is -1.94. The lowest BCUT2D eigenvalue weighted by atomic mass is 10.00. The molecule has 1 nitrogen and oxygen atoms in total. The van der Waals surface area contributed by atoms with Gasteiger partial charge in [0.15, 0.2) is 0 Å². The molecule has 0 spiro atoms. The van der Waals surface area contributed by atoms with Gasteiger partial charge in [-0.1, -0.05) is 13.0 Å². The van der Waals surface area contributed by atoms with Gasteiger partial charge in [-0.3, -0.25) is 0 Å². The molecule has 0 aliphatic carbocycles. The minimum absolute atomic E-state index is 0.153. The quantitative estimate of drug-likeness (QED) is 0.799. The number of fused-ring (bicyclic) bond motifs is 1. The molecule has 0 saturated carbocycles. The molecular formula is C12H14OS. The van der Waals surface area contributed by atoms with Gasteiger partial charge in [0.1, 0.15) is 0 Å². The first kappa shape index (κ1) is 9.69. The van der Waals surface area contributed by atoms with Crippen LogP contribution in [0.5, 0.6) is 0 Å². The van der Waals surface area contributed by atoms with E-state index in [2.05, 4.69) is 31.4 Å². The minimum atomic E-state index is 0.153. The van der Waals surface area contributed by atoms with Crippen molar-refractivity contribution >= 4 is 21.4 Å². The van der Waals surface area contributed by atoms with Gasteiger partial charge in [-0.15, -0.1) is 11.3 Å². The van der Waals surface area contributed by atoms with Gasteiger partial charge in [-0.25, -0.2) is 0 Å². The van der Waals surface area contributed by atoms with Crippen LogP contribution in [0.2, 0.25) is 0 Å². The molecule has 0 amide bonds. The van der Waals surface area contributed by atoms with E-state index in [9.17, 15) is 5.11 Å². The van der Waals surface area contributed by atoms with Crippen molar-refractivity contribution in [3.05, 3.63) is 34.2 Å². The zero-order chi connectivity index (χ0) is 10.1. The fraction of sp³-hybridized carbons (Fsp3) is 0.333. The van der Waals surface area contributed by atoms with Crippen LogP contribution in [0.25, 0.3) is 10.1 Å². The Bertz CT molecular complexity index is 457. The summed E-state index contributed by atoms with van der Waals surface area (Å²) in [6, 6.07) is 4.33. The van der Waals surface area contributed by atoms with E-state index >= 15 is 0 Å². The number of aliphatic hydroxyl groups is 1. The molecule has 1 aromatic heterocycles. The molecule has 2 aromatic rings. The normalized spacial score (nSPS) is 11.1. The molecule has 0 fully saturated rings. The molecule has 0 radical (unpaired) electrons. The predicted octanol–water partition coefficient (Wildman–Crippen LogP) is 3.26. The third-order valence-electron chi connectivity index (χ3n) is 2.68. The zero-order valence-electron chi connectivity index (χ0n) is 8.50. The van der Waals surface area contributed by atoms with E-state index in [0.29, 0.717) is 0 Å². The molecule has 0 atom stereocenters. The molecule has 14 heavy (non-hydrogen) atoms. The van der Waals surface area contributed by atoms with Gasteiger partial charge in [-0.05, 0) is 46.9 Å². The standard InChI is InChI=1S/C12H14OS/c1-3-9-6-8(2)10-4-5-14-12(10)11(9)7-13/h4-6,13H,3,7H2,1-2H3. The van der Waals surface area contributed by atoms with Crippen molar-refractivity contribution in [2.24, 2.45) is 0 Å². The number of hydrogen-bond acceptors (Lipinski definition) is 2. The average molecular weight is 206 g/mol. The highest BCUT2D eigenvalue weighted by Crippen LogP contribution is 2.30. The summed E-state index contributed by atoms with van der Waals surface area (Å²) in [7, 11) is 0. The lowest BCUT2D eigenvalue weighted by molar-refractivity contribution is 0.282. The third kappa shape index (κ3) is 1.35. The highest BCUT2D eigenvalue weighted by atomic mass is 32.1. The minimum Gasteiger partial charge on any atom is -0.392 e. The summed E-state index contributed by atoms with van der Waals surface area (Å²) in [5.74, 6) is 0. The molecule has 1 N–H and O–H groups in total. The fourth-order valence-corrected chi connectivity index (χ4v) is 2.95. The van der Waals surface area contributed by atoms with Gasteiger partial charge in [0.05, 0.1) is 6.61 Å². The number of aliphatic hydroxyl groups excluding tert-OH is 1. The third-order valence-corrected chi connectivity index (χ3v) is 3.66. The van der Waals surface area contributed by atoms with Gasteiger partial charge < -0.3 is 5.11 Å². The van der Waals surface area contributed by atoms with Crippen LogP contribution in [0.1, 0.15) is 23.6 Å².